The first-order valence-corrected chi connectivity index (χ1v) is 8.26. The van der Waals surface area contributed by atoms with E-state index >= 15 is 0 Å². The van der Waals surface area contributed by atoms with Crippen LogP contribution in [-0.4, -0.2) is 72.3 Å². The minimum absolute atomic E-state index is 0.0398. The molecular formula is C16H29N5O2. The van der Waals surface area contributed by atoms with Crippen LogP contribution in [0.3, 0.4) is 0 Å². The Bertz CT molecular complexity index is 491. The molecule has 2 heterocycles. The second-order valence-corrected chi connectivity index (χ2v) is 6.30. The van der Waals surface area contributed by atoms with E-state index in [4.69, 9.17) is 4.74 Å². The molecule has 7 nitrogen and oxygen atoms in total. The van der Waals surface area contributed by atoms with Crippen molar-refractivity contribution < 1.29 is 9.53 Å². The van der Waals surface area contributed by atoms with Gasteiger partial charge in [-0.3, -0.25) is 0 Å². The van der Waals surface area contributed by atoms with Crippen molar-refractivity contribution in [2.75, 3.05) is 46.9 Å². The summed E-state index contributed by atoms with van der Waals surface area (Å²) in [4.78, 5) is 20.6. The van der Waals surface area contributed by atoms with Crippen LogP contribution in [-0.2, 0) is 18.3 Å². The molecule has 1 saturated heterocycles. The molecule has 23 heavy (non-hydrogen) atoms. The van der Waals surface area contributed by atoms with Crippen LogP contribution in [0.25, 0.3) is 0 Å². The molecule has 1 N–H and O–H groups in total. The third-order valence-corrected chi connectivity index (χ3v) is 4.41. The van der Waals surface area contributed by atoms with E-state index in [2.05, 4.69) is 15.2 Å². The van der Waals surface area contributed by atoms with Crippen molar-refractivity contribution in [1.29, 1.82) is 0 Å². The van der Waals surface area contributed by atoms with Gasteiger partial charge in [0.2, 0.25) is 0 Å². The normalized spacial score (nSPS) is 18.8. The van der Waals surface area contributed by atoms with E-state index in [1.807, 2.05) is 24.9 Å². The number of carbonyl (C=O) groups excluding carboxylic acids is 1. The van der Waals surface area contributed by atoms with E-state index in [9.17, 15) is 4.79 Å². The van der Waals surface area contributed by atoms with Crippen LogP contribution in [0.15, 0.2) is 12.4 Å². The summed E-state index contributed by atoms with van der Waals surface area (Å²) >= 11 is 0. The molecule has 0 aromatic carbocycles. The smallest absolute Gasteiger partial charge is 0.317 e. The summed E-state index contributed by atoms with van der Waals surface area (Å²) in [6.07, 6.45) is 5.99. The SMILES string of the molecule is COCCN1CCC[C@H](CN(C)C(=O)NCc2nccn2C)C1. The first kappa shape index (κ1) is 17.7. The lowest BCUT2D eigenvalue weighted by Gasteiger charge is -2.34. The van der Waals surface area contributed by atoms with Crippen molar-refractivity contribution >= 4 is 6.03 Å². The second kappa shape index (κ2) is 8.88. The summed E-state index contributed by atoms with van der Waals surface area (Å²) in [5, 5.41) is 2.93. The number of rotatable bonds is 7. The first-order chi connectivity index (χ1) is 11.1. The summed E-state index contributed by atoms with van der Waals surface area (Å²) in [5.74, 6) is 1.39. The highest BCUT2D eigenvalue weighted by Crippen LogP contribution is 2.17. The standard InChI is InChI=1S/C16H29N5O2/c1-19-8-6-17-15(19)11-18-16(22)20(2)12-14-5-4-7-21(13-14)9-10-23-3/h6,8,14H,4-5,7,9-13H2,1-3H3,(H,18,22)/t14-/m1/s1. The second-order valence-electron chi connectivity index (χ2n) is 6.30. The number of urea groups is 1. The molecule has 0 unspecified atom stereocenters. The van der Waals surface area contributed by atoms with Gasteiger partial charge in [-0.1, -0.05) is 0 Å². The molecule has 0 aliphatic carbocycles. The Labute approximate surface area is 138 Å². The molecule has 2 amide bonds. The molecule has 1 fully saturated rings. The number of methoxy groups -OCH3 is 1. The van der Waals surface area contributed by atoms with Gasteiger partial charge in [-0.15, -0.1) is 0 Å². The van der Waals surface area contributed by atoms with Crippen molar-refractivity contribution in [2.45, 2.75) is 19.4 Å². The summed E-state index contributed by atoms with van der Waals surface area (Å²) in [6.45, 7) is 5.16. The lowest BCUT2D eigenvalue weighted by molar-refractivity contribution is 0.105. The molecule has 130 valence electrons. The monoisotopic (exact) mass is 323 g/mol. The van der Waals surface area contributed by atoms with E-state index in [0.29, 0.717) is 12.5 Å². The van der Waals surface area contributed by atoms with Crippen LogP contribution in [0.4, 0.5) is 4.79 Å². The molecule has 2 rings (SSSR count). The Morgan fingerprint density at radius 1 is 1.57 bits per heavy atom. The van der Waals surface area contributed by atoms with Gasteiger partial charge in [0.15, 0.2) is 0 Å². The fourth-order valence-electron chi connectivity index (χ4n) is 3.05. The molecule has 1 aromatic rings. The van der Waals surface area contributed by atoms with Crippen LogP contribution in [0.1, 0.15) is 18.7 Å². The zero-order valence-electron chi connectivity index (χ0n) is 14.5. The minimum Gasteiger partial charge on any atom is -0.383 e. The van der Waals surface area contributed by atoms with Gasteiger partial charge in [0, 0.05) is 53.2 Å². The zero-order valence-corrected chi connectivity index (χ0v) is 14.5. The van der Waals surface area contributed by atoms with E-state index in [1.54, 1.807) is 18.2 Å². The molecule has 7 heteroatoms. The summed E-state index contributed by atoms with van der Waals surface area (Å²) in [5.41, 5.74) is 0. The maximum absolute atomic E-state index is 12.2. The predicted octanol–water partition coefficient (Wildman–Crippen LogP) is 0.920. The first-order valence-electron chi connectivity index (χ1n) is 8.26. The lowest BCUT2D eigenvalue weighted by atomic mass is 9.97. The van der Waals surface area contributed by atoms with Crippen LogP contribution in [0.5, 0.6) is 0 Å². The molecule has 1 aliphatic rings. The number of imidazole rings is 1. The van der Waals surface area contributed by atoms with Crippen molar-refractivity contribution in [3.8, 4) is 0 Å². The van der Waals surface area contributed by atoms with Gasteiger partial charge in [0.1, 0.15) is 5.82 Å². The number of amides is 2. The Hall–Kier alpha value is -1.60. The number of carbonyl (C=O) groups is 1. The van der Waals surface area contributed by atoms with Gasteiger partial charge in [-0.25, -0.2) is 9.78 Å². The minimum atomic E-state index is -0.0398. The van der Waals surface area contributed by atoms with E-state index in [-0.39, 0.29) is 6.03 Å². The molecule has 0 saturated carbocycles. The number of aromatic nitrogens is 2. The van der Waals surface area contributed by atoms with E-state index < -0.39 is 0 Å². The predicted molar refractivity (Wildman–Crippen MR) is 89.1 cm³/mol. The van der Waals surface area contributed by atoms with E-state index in [0.717, 1.165) is 38.6 Å². The van der Waals surface area contributed by atoms with Crippen LogP contribution >= 0.6 is 0 Å². The van der Waals surface area contributed by atoms with Crippen molar-refractivity contribution in [1.82, 2.24) is 24.7 Å². The fourth-order valence-corrected chi connectivity index (χ4v) is 3.05. The number of likely N-dealkylation sites (tertiary alicyclic amines) is 1. The molecule has 1 aromatic heterocycles. The van der Waals surface area contributed by atoms with Gasteiger partial charge in [0.05, 0.1) is 13.2 Å². The molecule has 0 bridgehead atoms. The third-order valence-electron chi connectivity index (χ3n) is 4.41. The van der Waals surface area contributed by atoms with Crippen LogP contribution in [0, 0.1) is 5.92 Å². The van der Waals surface area contributed by atoms with Gasteiger partial charge in [-0.2, -0.15) is 0 Å². The number of nitrogens with zero attached hydrogens (tertiary/aromatic N) is 4. The Balaban J connectivity index is 1.73. The Kier molecular flexibility index (Phi) is 6.85. The number of piperidine rings is 1. The summed E-state index contributed by atoms with van der Waals surface area (Å²) in [7, 11) is 5.53. The van der Waals surface area contributed by atoms with E-state index in [1.165, 1.54) is 12.8 Å². The largest absolute Gasteiger partial charge is 0.383 e. The Morgan fingerprint density at radius 2 is 2.39 bits per heavy atom. The van der Waals surface area contributed by atoms with Gasteiger partial charge in [0.25, 0.3) is 0 Å². The third kappa shape index (κ3) is 5.51. The number of aryl methyl sites for hydroxylation is 1. The summed E-state index contributed by atoms with van der Waals surface area (Å²) in [6, 6.07) is -0.0398. The molecular weight excluding hydrogens is 294 g/mol. The average Bonchev–Trinajstić information content (AvgIpc) is 2.96. The van der Waals surface area contributed by atoms with Crippen LogP contribution < -0.4 is 5.32 Å². The van der Waals surface area contributed by atoms with Crippen LogP contribution in [0.2, 0.25) is 0 Å². The summed E-state index contributed by atoms with van der Waals surface area (Å²) < 4.78 is 7.06. The highest BCUT2D eigenvalue weighted by molar-refractivity contribution is 5.73. The number of hydrogen-bond donors (Lipinski definition) is 1. The Morgan fingerprint density at radius 3 is 3.09 bits per heavy atom. The topological polar surface area (TPSA) is 62.6 Å². The van der Waals surface area contributed by atoms with Crippen molar-refractivity contribution in [3.05, 3.63) is 18.2 Å². The highest BCUT2D eigenvalue weighted by Gasteiger charge is 2.22. The van der Waals surface area contributed by atoms with Gasteiger partial charge < -0.3 is 24.4 Å². The lowest BCUT2D eigenvalue weighted by Crippen LogP contribution is -2.45. The molecule has 1 aliphatic heterocycles. The molecule has 0 radical (unpaired) electrons. The number of ether oxygens (including phenoxy) is 1. The molecule has 0 spiro atoms. The zero-order chi connectivity index (χ0) is 16.7. The van der Waals surface area contributed by atoms with Gasteiger partial charge >= 0.3 is 6.03 Å². The average molecular weight is 323 g/mol. The molecule has 1 atom stereocenters. The number of hydrogen-bond acceptors (Lipinski definition) is 4. The maximum atomic E-state index is 12.2. The van der Waals surface area contributed by atoms with Gasteiger partial charge in [-0.05, 0) is 25.3 Å². The maximum Gasteiger partial charge on any atom is 0.317 e. The fraction of sp³-hybridized carbons (Fsp3) is 0.750. The van der Waals surface area contributed by atoms with Crippen molar-refractivity contribution in [3.63, 3.8) is 0 Å². The van der Waals surface area contributed by atoms with Crippen molar-refractivity contribution in [2.24, 2.45) is 13.0 Å². The number of nitrogens with one attached hydrogen (secondary N) is 1. The highest BCUT2D eigenvalue weighted by atomic mass is 16.5. The quantitative estimate of drug-likeness (QED) is 0.810.